The van der Waals surface area contributed by atoms with Crippen LogP contribution in [-0.4, -0.2) is 5.78 Å². The lowest BCUT2D eigenvalue weighted by Gasteiger charge is -1.93. The van der Waals surface area contributed by atoms with Gasteiger partial charge >= 0.3 is 0 Å². The molecule has 0 aliphatic rings. The van der Waals surface area contributed by atoms with E-state index in [4.69, 9.17) is 4.42 Å². The van der Waals surface area contributed by atoms with E-state index in [0.29, 0.717) is 17.4 Å². The van der Waals surface area contributed by atoms with Crippen LogP contribution < -0.4 is 0 Å². The average Bonchev–Trinajstić information content (AvgIpc) is 2.96. The van der Waals surface area contributed by atoms with Gasteiger partial charge in [-0.25, -0.2) is 4.39 Å². The van der Waals surface area contributed by atoms with Gasteiger partial charge < -0.3 is 4.42 Å². The average molecular weight is 260 g/mol. The molecular weight excluding hydrogens is 251 g/mol. The molecule has 0 N–H and O–H groups in total. The fourth-order valence-electron chi connectivity index (χ4n) is 1.82. The molecule has 2 aromatic heterocycles. The Labute approximate surface area is 107 Å². The van der Waals surface area contributed by atoms with Crippen LogP contribution >= 0.6 is 11.3 Å². The zero-order valence-corrected chi connectivity index (χ0v) is 10.2. The van der Waals surface area contributed by atoms with E-state index in [0.717, 1.165) is 5.56 Å². The van der Waals surface area contributed by atoms with Crippen molar-refractivity contribution >= 4 is 28.1 Å². The molecule has 0 radical (unpaired) electrons. The van der Waals surface area contributed by atoms with Crippen LogP contribution in [-0.2, 0) is 6.42 Å². The molecular formula is C14H9FO2S. The van der Waals surface area contributed by atoms with Gasteiger partial charge in [0.25, 0.3) is 0 Å². The summed E-state index contributed by atoms with van der Waals surface area (Å²) in [5.74, 6) is -0.146. The Balaban J connectivity index is 1.92. The van der Waals surface area contributed by atoms with Crippen LogP contribution in [0, 0.1) is 5.82 Å². The van der Waals surface area contributed by atoms with Crippen LogP contribution in [0.25, 0.3) is 11.0 Å². The van der Waals surface area contributed by atoms with Gasteiger partial charge in [-0.05, 0) is 46.7 Å². The molecule has 18 heavy (non-hydrogen) atoms. The summed E-state index contributed by atoms with van der Waals surface area (Å²) < 4.78 is 18.4. The lowest BCUT2D eigenvalue weighted by Crippen LogP contribution is -2.00. The SMILES string of the molecule is O=C(Cc1ccsc1)c1cc2cc(F)ccc2o1. The number of ketones is 1. The third-order valence-corrected chi connectivity index (χ3v) is 3.43. The number of carbonyl (C=O) groups is 1. The van der Waals surface area contributed by atoms with E-state index in [-0.39, 0.29) is 17.4 Å². The number of rotatable bonds is 3. The predicted octanol–water partition coefficient (Wildman–Crippen LogP) is 4.06. The zero-order chi connectivity index (χ0) is 12.5. The van der Waals surface area contributed by atoms with Gasteiger partial charge in [0.2, 0.25) is 5.78 Å². The smallest absolute Gasteiger partial charge is 0.202 e. The molecule has 0 amide bonds. The molecule has 0 saturated heterocycles. The van der Waals surface area contributed by atoms with Crippen LogP contribution in [0.5, 0.6) is 0 Å². The first-order valence-electron chi connectivity index (χ1n) is 5.46. The first-order valence-corrected chi connectivity index (χ1v) is 6.40. The van der Waals surface area contributed by atoms with Gasteiger partial charge in [0.05, 0.1) is 0 Å². The molecule has 3 aromatic rings. The van der Waals surface area contributed by atoms with E-state index in [1.807, 2.05) is 16.8 Å². The van der Waals surface area contributed by atoms with Gasteiger partial charge in [0.1, 0.15) is 11.4 Å². The van der Waals surface area contributed by atoms with Gasteiger partial charge in [0.15, 0.2) is 5.76 Å². The van der Waals surface area contributed by atoms with Crippen LogP contribution in [0.2, 0.25) is 0 Å². The highest BCUT2D eigenvalue weighted by Crippen LogP contribution is 2.21. The van der Waals surface area contributed by atoms with Crippen molar-refractivity contribution < 1.29 is 13.6 Å². The molecule has 0 aliphatic carbocycles. The minimum absolute atomic E-state index is 0.0926. The van der Waals surface area contributed by atoms with Gasteiger partial charge in [-0.1, -0.05) is 0 Å². The minimum Gasteiger partial charge on any atom is -0.453 e. The normalized spacial score (nSPS) is 10.9. The quantitative estimate of drug-likeness (QED) is 0.665. The van der Waals surface area contributed by atoms with Crippen LogP contribution in [0.3, 0.4) is 0 Å². The van der Waals surface area contributed by atoms with Crippen molar-refractivity contribution in [1.29, 1.82) is 0 Å². The van der Waals surface area contributed by atoms with E-state index in [9.17, 15) is 9.18 Å². The van der Waals surface area contributed by atoms with Gasteiger partial charge in [0, 0.05) is 11.8 Å². The third kappa shape index (κ3) is 2.07. The van der Waals surface area contributed by atoms with Crippen molar-refractivity contribution in [2.75, 3.05) is 0 Å². The molecule has 0 bridgehead atoms. The number of Topliss-reactive ketones (excluding diaryl/α,β-unsaturated/α-hetero) is 1. The molecule has 0 aliphatic heterocycles. The summed E-state index contributed by atoms with van der Waals surface area (Å²) >= 11 is 1.55. The number of hydrogen-bond acceptors (Lipinski definition) is 3. The number of carbonyl (C=O) groups excluding carboxylic acids is 1. The molecule has 90 valence electrons. The summed E-state index contributed by atoms with van der Waals surface area (Å²) in [6.07, 6.45) is 0.311. The second kappa shape index (κ2) is 4.38. The Bertz CT molecular complexity index is 698. The monoisotopic (exact) mass is 260 g/mol. The topological polar surface area (TPSA) is 30.2 Å². The van der Waals surface area contributed by atoms with Crippen molar-refractivity contribution in [2.24, 2.45) is 0 Å². The van der Waals surface area contributed by atoms with E-state index in [1.54, 1.807) is 17.4 Å². The molecule has 0 unspecified atom stereocenters. The first-order chi connectivity index (χ1) is 8.72. The molecule has 0 spiro atoms. The van der Waals surface area contributed by atoms with Crippen LogP contribution in [0.4, 0.5) is 4.39 Å². The van der Waals surface area contributed by atoms with Gasteiger partial charge in [-0.15, -0.1) is 0 Å². The Kier molecular flexibility index (Phi) is 2.72. The highest BCUT2D eigenvalue weighted by molar-refractivity contribution is 7.08. The van der Waals surface area contributed by atoms with E-state index < -0.39 is 0 Å². The van der Waals surface area contributed by atoms with Gasteiger partial charge in [-0.2, -0.15) is 11.3 Å². The van der Waals surface area contributed by atoms with Crippen LogP contribution in [0.15, 0.2) is 45.5 Å². The maximum Gasteiger partial charge on any atom is 0.202 e. The van der Waals surface area contributed by atoms with E-state index in [1.165, 1.54) is 18.2 Å². The Morgan fingerprint density at radius 2 is 2.17 bits per heavy atom. The first kappa shape index (κ1) is 11.2. The highest BCUT2D eigenvalue weighted by Gasteiger charge is 2.13. The molecule has 0 saturated carbocycles. The summed E-state index contributed by atoms with van der Waals surface area (Å²) in [4.78, 5) is 12.0. The third-order valence-electron chi connectivity index (χ3n) is 2.70. The van der Waals surface area contributed by atoms with Crippen LogP contribution in [0.1, 0.15) is 16.1 Å². The maximum absolute atomic E-state index is 13.0. The van der Waals surface area contributed by atoms with Crippen molar-refractivity contribution in [1.82, 2.24) is 0 Å². The number of halogens is 1. The van der Waals surface area contributed by atoms with Crippen molar-refractivity contribution in [3.8, 4) is 0 Å². The maximum atomic E-state index is 13.0. The summed E-state index contributed by atoms with van der Waals surface area (Å²) in [6, 6.07) is 7.71. The van der Waals surface area contributed by atoms with Crippen molar-refractivity contribution in [3.63, 3.8) is 0 Å². The second-order valence-electron chi connectivity index (χ2n) is 4.02. The Morgan fingerprint density at radius 1 is 1.28 bits per heavy atom. The molecule has 0 fully saturated rings. The van der Waals surface area contributed by atoms with Gasteiger partial charge in [-0.3, -0.25) is 4.79 Å². The minimum atomic E-state index is -0.333. The molecule has 0 atom stereocenters. The molecule has 1 aromatic carbocycles. The molecule has 3 rings (SSSR count). The van der Waals surface area contributed by atoms with Crippen molar-refractivity contribution in [3.05, 3.63) is 58.2 Å². The molecule has 2 nitrogen and oxygen atoms in total. The fraction of sp³-hybridized carbons (Fsp3) is 0.0714. The fourth-order valence-corrected chi connectivity index (χ4v) is 2.49. The number of fused-ring (bicyclic) bond motifs is 1. The number of benzene rings is 1. The van der Waals surface area contributed by atoms with E-state index >= 15 is 0 Å². The number of thiophene rings is 1. The van der Waals surface area contributed by atoms with E-state index in [2.05, 4.69) is 0 Å². The summed E-state index contributed by atoms with van der Waals surface area (Å²) in [6.45, 7) is 0. The predicted molar refractivity (Wildman–Crippen MR) is 68.5 cm³/mol. The number of hydrogen-bond donors (Lipinski definition) is 0. The lowest BCUT2D eigenvalue weighted by molar-refractivity contribution is 0.0968. The molecule has 2 heterocycles. The number of furan rings is 1. The summed E-state index contributed by atoms with van der Waals surface area (Å²) in [5.41, 5.74) is 1.50. The zero-order valence-electron chi connectivity index (χ0n) is 9.35. The summed E-state index contributed by atoms with van der Waals surface area (Å²) in [7, 11) is 0. The second-order valence-corrected chi connectivity index (χ2v) is 4.80. The Morgan fingerprint density at radius 3 is 2.94 bits per heavy atom. The largest absolute Gasteiger partial charge is 0.453 e. The molecule has 4 heteroatoms. The summed E-state index contributed by atoms with van der Waals surface area (Å²) in [5, 5.41) is 4.47. The Hall–Kier alpha value is -1.94. The van der Waals surface area contributed by atoms with Crippen molar-refractivity contribution in [2.45, 2.75) is 6.42 Å². The highest BCUT2D eigenvalue weighted by atomic mass is 32.1. The standard InChI is InChI=1S/C14H9FO2S/c15-11-1-2-13-10(6-11)7-14(17-13)12(16)5-9-3-4-18-8-9/h1-4,6-8H,5H2. The lowest BCUT2D eigenvalue weighted by atomic mass is 10.1.